The summed E-state index contributed by atoms with van der Waals surface area (Å²) in [7, 11) is 0. The SMILES string of the molecule is CC(C)c1ncnc(C(C)C)c1-n1c(=O)c(C#N)c(N2CCN(C(=O)OC(C)(C)C)CC2)c2cc(Cl)c(-c3c(N)cccc3F)nc21. The summed E-state index contributed by atoms with van der Waals surface area (Å²) in [5.74, 6) is -0.895. The van der Waals surface area contributed by atoms with E-state index in [0.29, 0.717) is 41.2 Å². The molecule has 47 heavy (non-hydrogen) atoms. The molecule has 11 nitrogen and oxygen atoms in total. The zero-order valence-electron chi connectivity index (χ0n) is 27.6. The molecular formula is C34H38ClFN8O3. The predicted octanol–water partition coefficient (Wildman–Crippen LogP) is 6.39. The number of nitrogen functional groups attached to an aromatic ring is 1. The van der Waals surface area contributed by atoms with E-state index in [2.05, 4.69) is 16.0 Å². The zero-order valence-corrected chi connectivity index (χ0v) is 28.3. The largest absolute Gasteiger partial charge is 0.444 e. The molecule has 0 unspecified atom stereocenters. The molecule has 1 fully saturated rings. The second-order valence-electron chi connectivity index (χ2n) is 13.1. The van der Waals surface area contributed by atoms with Crippen molar-refractivity contribution in [2.24, 2.45) is 0 Å². The van der Waals surface area contributed by atoms with E-state index in [1.165, 1.54) is 23.0 Å². The van der Waals surface area contributed by atoms with Crippen LogP contribution in [0.3, 0.4) is 0 Å². The maximum Gasteiger partial charge on any atom is 0.410 e. The van der Waals surface area contributed by atoms with Crippen LogP contribution >= 0.6 is 11.6 Å². The van der Waals surface area contributed by atoms with E-state index < -0.39 is 23.1 Å². The fourth-order valence-corrected chi connectivity index (χ4v) is 6.04. The minimum absolute atomic E-state index is 0.00670. The molecule has 0 spiro atoms. The number of carbonyl (C=O) groups excluding carboxylic acids is 1. The number of carbonyl (C=O) groups is 1. The van der Waals surface area contributed by atoms with Crippen LogP contribution in [0.1, 0.15) is 77.3 Å². The quantitative estimate of drug-likeness (QED) is 0.241. The molecule has 1 aliphatic heterocycles. The van der Waals surface area contributed by atoms with Crippen LogP contribution in [0.25, 0.3) is 28.0 Å². The van der Waals surface area contributed by atoms with Crippen molar-refractivity contribution in [2.75, 3.05) is 36.8 Å². The molecule has 2 N–H and O–H groups in total. The highest BCUT2D eigenvalue weighted by Gasteiger charge is 2.32. The van der Waals surface area contributed by atoms with Crippen LogP contribution in [-0.4, -0.2) is 62.3 Å². The molecule has 1 aromatic carbocycles. The lowest BCUT2D eigenvalue weighted by Crippen LogP contribution is -2.50. The first kappa shape index (κ1) is 33.6. The second-order valence-corrected chi connectivity index (χ2v) is 13.5. The number of piperazine rings is 1. The Kier molecular flexibility index (Phi) is 9.15. The molecule has 1 amide bonds. The molecule has 13 heteroatoms. The standard InChI is InChI=1S/C34H38ClFN8O3/c1-18(2)26-30(27(19(3)4)40-17-39-26)44-31-20(15-22(35)28(41-31)25-23(36)9-8-10-24(25)38)29(21(16-37)32(44)45)42-11-13-43(14-12-42)33(46)47-34(5,6)7/h8-10,15,17-19H,11-14,38H2,1-7H3. The summed E-state index contributed by atoms with van der Waals surface area (Å²) in [6.45, 7) is 14.4. The third kappa shape index (κ3) is 6.32. The van der Waals surface area contributed by atoms with Crippen molar-refractivity contribution in [2.45, 2.75) is 65.9 Å². The van der Waals surface area contributed by atoms with Crippen molar-refractivity contribution in [1.82, 2.24) is 24.4 Å². The first-order valence-electron chi connectivity index (χ1n) is 15.5. The van der Waals surface area contributed by atoms with Gasteiger partial charge in [0.15, 0.2) is 0 Å². The van der Waals surface area contributed by atoms with E-state index in [1.54, 1.807) is 37.8 Å². The molecule has 4 heterocycles. The lowest BCUT2D eigenvalue weighted by atomic mass is 10.00. The van der Waals surface area contributed by atoms with E-state index in [1.807, 2.05) is 32.6 Å². The van der Waals surface area contributed by atoms with Gasteiger partial charge in [-0.05, 0) is 50.8 Å². The van der Waals surface area contributed by atoms with Gasteiger partial charge in [0, 0.05) is 37.3 Å². The van der Waals surface area contributed by atoms with Crippen LogP contribution in [0.15, 0.2) is 35.4 Å². The molecule has 246 valence electrons. The van der Waals surface area contributed by atoms with Crippen LogP contribution in [0.2, 0.25) is 5.02 Å². The number of benzene rings is 1. The number of pyridine rings is 2. The first-order chi connectivity index (χ1) is 22.1. The zero-order chi connectivity index (χ0) is 34.4. The molecule has 5 rings (SSSR count). The van der Waals surface area contributed by atoms with Gasteiger partial charge in [0.1, 0.15) is 35.0 Å². The maximum atomic E-state index is 15.3. The van der Waals surface area contributed by atoms with Gasteiger partial charge in [-0.2, -0.15) is 5.26 Å². The van der Waals surface area contributed by atoms with E-state index in [-0.39, 0.29) is 58.1 Å². The molecule has 0 saturated carbocycles. The van der Waals surface area contributed by atoms with Crippen molar-refractivity contribution >= 4 is 40.1 Å². The Morgan fingerprint density at radius 2 is 1.68 bits per heavy atom. The first-order valence-corrected chi connectivity index (χ1v) is 15.8. The van der Waals surface area contributed by atoms with Crippen molar-refractivity contribution in [3.05, 3.63) is 68.7 Å². The summed E-state index contributed by atoms with van der Waals surface area (Å²) in [5.41, 5.74) is 6.99. The average molecular weight is 661 g/mol. The summed E-state index contributed by atoms with van der Waals surface area (Å²) in [6, 6.07) is 8.01. The Morgan fingerprint density at radius 3 is 2.21 bits per heavy atom. The summed E-state index contributed by atoms with van der Waals surface area (Å²) in [5, 5.41) is 11.0. The third-order valence-corrected chi connectivity index (χ3v) is 8.20. The van der Waals surface area contributed by atoms with Crippen molar-refractivity contribution in [3.63, 3.8) is 0 Å². The van der Waals surface area contributed by atoms with Gasteiger partial charge in [-0.1, -0.05) is 45.4 Å². The highest BCUT2D eigenvalue weighted by Crippen LogP contribution is 2.39. The van der Waals surface area contributed by atoms with Gasteiger partial charge in [0.2, 0.25) is 0 Å². The minimum Gasteiger partial charge on any atom is -0.444 e. The van der Waals surface area contributed by atoms with Crippen LogP contribution in [-0.2, 0) is 4.74 Å². The molecule has 0 radical (unpaired) electrons. The summed E-state index contributed by atoms with van der Waals surface area (Å²) >= 11 is 6.85. The topological polar surface area (TPSA) is 143 Å². The summed E-state index contributed by atoms with van der Waals surface area (Å²) in [4.78, 5) is 44.8. The average Bonchev–Trinajstić information content (AvgIpc) is 3.00. The molecule has 0 bridgehead atoms. The number of amides is 1. The van der Waals surface area contributed by atoms with E-state index in [4.69, 9.17) is 27.1 Å². The Hall–Kier alpha value is -4.76. The smallest absolute Gasteiger partial charge is 0.410 e. The van der Waals surface area contributed by atoms with Gasteiger partial charge in [0.05, 0.1) is 39.0 Å². The van der Waals surface area contributed by atoms with Gasteiger partial charge < -0.3 is 20.3 Å². The minimum atomic E-state index is -0.657. The van der Waals surface area contributed by atoms with Gasteiger partial charge in [0.25, 0.3) is 5.56 Å². The molecule has 3 aromatic heterocycles. The monoisotopic (exact) mass is 660 g/mol. The number of nitriles is 1. The number of anilines is 2. The highest BCUT2D eigenvalue weighted by atomic mass is 35.5. The fraction of sp³-hybridized carbons (Fsp3) is 0.412. The fourth-order valence-electron chi connectivity index (χ4n) is 5.79. The third-order valence-electron chi connectivity index (χ3n) is 7.91. The molecule has 4 aromatic rings. The maximum absolute atomic E-state index is 15.3. The molecular weight excluding hydrogens is 623 g/mol. The van der Waals surface area contributed by atoms with Gasteiger partial charge >= 0.3 is 6.09 Å². The van der Waals surface area contributed by atoms with Crippen LogP contribution in [0.5, 0.6) is 0 Å². The number of nitrogens with zero attached hydrogens (tertiary/aromatic N) is 7. The highest BCUT2D eigenvalue weighted by molar-refractivity contribution is 6.34. The van der Waals surface area contributed by atoms with E-state index in [9.17, 15) is 14.9 Å². The number of rotatable bonds is 5. The Balaban J connectivity index is 1.83. The van der Waals surface area contributed by atoms with Gasteiger partial charge in [-0.3, -0.25) is 9.36 Å². The van der Waals surface area contributed by atoms with E-state index in [0.717, 1.165) is 0 Å². The van der Waals surface area contributed by atoms with Crippen molar-refractivity contribution in [3.8, 4) is 23.0 Å². The number of nitrogens with two attached hydrogens (primary N) is 1. The second kappa shape index (κ2) is 12.8. The number of halogens is 2. The van der Waals surface area contributed by atoms with Crippen LogP contribution in [0, 0.1) is 17.1 Å². The lowest BCUT2D eigenvalue weighted by molar-refractivity contribution is 0.0240. The summed E-state index contributed by atoms with van der Waals surface area (Å²) < 4.78 is 22.2. The number of ether oxygens (including phenoxy) is 1. The number of hydrogen-bond acceptors (Lipinski definition) is 9. The van der Waals surface area contributed by atoms with Gasteiger partial charge in [-0.25, -0.2) is 24.1 Å². The predicted molar refractivity (Wildman–Crippen MR) is 181 cm³/mol. The van der Waals surface area contributed by atoms with Crippen molar-refractivity contribution < 1.29 is 13.9 Å². The van der Waals surface area contributed by atoms with Crippen molar-refractivity contribution in [1.29, 1.82) is 5.26 Å². The lowest BCUT2D eigenvalue weighted by Gasteiger charge is -2.37. The normalized spacial score (nSPS) is 13.8. The van der Waals surface area contributed by atoms with Crippen LogP contribution in [0.4, 0.5) is 20.6 Å². The summed E-state index contributed by atoms with van der Waals surface area (Å²) in [6.07, 6.45) is 1.02. The van der Waals surface area contributed by atoms with E-state index >= 15 is 4.39 Å². The van der Waals surface area contributed by atoms with Crippen LogP contribution < -0.4 is 16.2 Å². The Morgan fingerprint density at radius 1 is 1.06 bits per heavy atom. The molecule has 1 saturated heterocycles. The molecule has 0 aliphatic carbocycles. The number of aromatic nitrogens is 4. The van der Waals surface area contributed by atoms with Gasteiger partial charge in [-0.15, -0.1) is 0 Å². The molecule has 1 aliphatic rings. The number of hydrogen-bond donors (Lipinski definition) is 1. The Labute approximate surface area is 277 Å². The number of fused-ring (bicyclic) bond motifs is 1. The Bertz CT molecular complexity index is 1930. The molecule has 0 atom stereocenters.